The fraction of sp³-hybridized carbons (Fsp3) is 0.607. The number of ketones is 1. The molecule has 3 heterocycles. The van der Waals surface area contributed by atoms with Crippen LogP contribution in [0.3, 0.4) is 0 Å². The van der Waals surface area contributed by atoms with Crippen LogP contribution in [0.25, 0.3) is 11.0 Å². The average molecular weight is 483 g/mol. The van der Waals surface area contributed by atoms with Gasteiger partial charge in [0.25, 0.3) is 0 Å². The highest BCUT2D eigenvalue weighted by Gasteiger charge is 2.41. The molecule has 4 rings (SSSR count). The van der Waals surface area contributed by atoms with Gasteiger partial charge in [-0.2, -0.15) is 0 Å². The van der Waals surface area contributed by atoms with Crippen molar-refractivity contribution < 1.29 is 24.2 Å². The van der Waals surface area contributed by atoms with Crippen LogP contribution in [-0.4, -0.2) is 44.7 Å². The molecule has 2 aliphatic rings. The van der Waals surface area contributed by atoms with Crippen LogP contribution in [0.1, 0.15) is 70.9 Å². The number of carbonyl (C=O) groups excluding carboxylic acids is 2. The summed E-state index contributed by atoms with van der Waals surface area (Å²) in [5.74, 6) is -0.198. The van der Waals surface area contributed by atoms with E-state index >= 15 is 0 Å². The number of aromatic nitrogens is 2. The molecule has 35 heavy (non-hydrogen) atoms. The van der Waals surface area contributed by atoms with Crippen LogP contribution >= 0.6 is 0 Å². The lowest BCUT2D eigenvalue weighted by atomic mass is 9.76. The molecule has 0 saturated carbocycles. The minimum Gasteiger partial charge on any atom is -0.454 e. The SMILES string of the molecule is Cc1nc2cc([C@@H]3C[C@@H]4O[C@H]4CCC[C@H](C)[C@H](O)[C@@H](C)C(=O)C(C)(C)/C=C\C(=O)O3)ccc2n1C. The Labute approximate surface area is 207 Å². The Morgan fingerprint density at radius 1 is 1.14 bits per heavy atom. The van der Waals surface area contributed by atoms with Crippen LogP contribution in [-0.2, 0) is 26.1 Å². The Morgan fingerprint density at radius 2 is 1.89 bits per heavy atom. The zero-order valence-corrected chi connectivity index (χ0v) is 21.7. The maximum absolute atomic E-state index is 13.1. The van der Waals surface area contributed by atoms with Gasteiger partial charge in [0.1, 0.15) is 17.7 Å². The number of hydrogen-bond acceptors (Lipinski definition) is 6. The van der Waals surface area contributed by atoms with Crippen molar-refractivity contribution in [3.05, 3.63) is 41.7 Å². The molecule has 0 aliphatic carbocycles. The molecule has 7 heteroatoms. The van der Waals surface area contributed by atoms with Crippen LogP contribution < -0.4 is 0 Å². The number of epoxide rings is 1. The Balaban J connectivity index is 1.61. The first-order valence-corrected chi connectivity index (χ1v) is 12.7. The van der Waals surface area contributed by atoms with Crippen molar-refractivity contribution in [2.24, 2.45) is 24.3 Å². The lowest BCUT2D eigenvalue weighted by Crippen LogP contribution is -2.38. The van der Waals surface area contributed by atoms with E-state index in [4.69, 9.17) is 9.47 Å². The number of ether oxygens (including phenoxy) is 2. The molecule has 0 unspecified atom stereocenters. The number of benzene rings is 1. The minimum absolute atomic E-state index is 0.00473. The molecular formula is C28H38N2O5. The van der Waals surface area contributed by atoms with Gasteiger partial charge in [-0.15, -0.1) is 0 Å². The van der Waals surface area contributed by atoms with E-state index < -0.39 is 29.5 Å². The molecule has 190 valence electrons. The highest BCUT2D eigenvalue weighted by Crippen LogP contribution is 2.38. The number of esters is 1. The molecule has 7 nitrogen and oxygen atoms in total. The number of rotatable bonds is 1. The number of aliphatic hydroxyl groups is 1. The third kappa shape index (κ3) is 5.51. The number of carbonyl (C=O) groups is 2. The maximum Gasteiger partial charge on any atom is 0.331 e. The van der Waals surface area contributed by atoms with E-state index in [-0.39, 0.29) is 23.9 Å². The van der Waals surface area contributed by atoms with Crippen molar-refractivity contribution in [3.63, 3.8) is 0 Å². The van der Waals surface area contributed by atoms with Crippen LogP contribution in [0.2, 0.25) is 0 Å². The summed E-state index contributed by atoms with van der Waals surface area (Å²) < 4.78 is 13.9. The van der Waals surface area contributed by atoms with Gasteiger partial charge < -0.3 is 19.1 Å². The van der Waals surface area contributed by atoms with Gasteiger partial charge in [-0.1, -0.05) is 32.4 Å². The van der Waals surface area contributed by atoms with Gasteiger partial charge in [0, 0.05) is 30.9 Å². The highest BCUT2D eigenvalue weighted by molar-refractivity contribution is 5.90. The van der Waals surface area contributed by atoms with Gasteiger partial charge in [0.05, 0.1) is 29.3 Å². The summed E-state index contributed by atoms with van der Waals surface area (Å²) in [6.45, 7) is 9.27. The van der Waals surface area contributed by atoms with Crippen LogP contribution in [0.5, 0.6) is 0 Å². The molecule has 0 spiro atoms. The number of Topliss-reactive ketones (excluding diaryl/α,β-unsaturated/α-hetero) is 1. The van der Waals surface area contributed by atoms with Crippen molar-refractivity contribution in [2.45, 2.75) is 84.7 Å². The van der Waals surface area contributed by atoms with E-state index in [9.17, 15) is 14.7 Å². The molecule has 1 aromatic carbocycles. The summed E-state index contributed by atoms with van der Waals surface area (Å²) in [5, 5.41) is 10.8. The van der Waals surface area contributed by atoms with Gasteiger partial charge in [-0.3, -0.25) is 4.79 Å². The van der Waals surface area contributed by atoms with Crippen LogP contribution in [0.15, 0.2) is 30.4 Å². The molecule has 1 saturated heterocycles. The number of aryl methyl sites for hydroxylation is 2. The van der Waals surface area contributed by atoms with E-state index in [0.29, 0.717) is 6.42 Å². The van der Waals surface area contributed by atoms with E-state index in [1.807, 2.05) is 43.7 Å². The second-order valence-electron chi connectivity index (χ2n) is 10.9. The largest absolute Gasteiger partial charge is 0.454 e. The average Bonchev–Trinajstić information content (AvgIpc) is 3.50. The van der Waals surface area contributed by atoms with Crippen molar-refractivity contribution in [3.8, 4) is 0 Å². The number of cyclic esters (lactones) is 1. The third-order valence-electron chi connectivity index (χ3n) is 7.82. The summed E-state index contributed by atoms with van der Waals surface area (Å²) in [5.41, 5.74) is 1.87. The van der Waals surface area contributed by atoms with Crippen molar-refractivity contribution in [1.82, 2.24) is 9.55 Å². The fourth-order valence-electron chi connectivity index (χ4n) is 5.23. The lowest BCUT2D eigenvalue weighted by molar-refractivity contribution is -0.144. The Bertz CT molecular complexity index is 1130. The summed E-state index contributed by atoms with van der Waals surface area (Å²) in [6.07, 6.45) is 5.09. The number of hydrogen-bond donors (Lipinski definition) is 1. The summed E-state index contributed by atoms with van der Waals surface area (Å²) >= 11 is 0. The summed E-state index contributed by atoms with van der Waals surface area (Å²) in [7, 11) is 1.98. The quantitative estimate of drug-likeness (QED) is 0.472. The first kappa shape index (κ1) is 25.6. The number of nitrogens with zero attached hydrogens (tertiary/aromatic N) is 2. The molecule has 0 radical (unpaired) electrons. The van der Waals surface area contributed by atoms with Crippen molar-refractivity contribution in [2.75, 3.05) is 0 Å². The predicted octanol–water partition coefficient (Wildman–Crippen LogP) is 4.59. The van der Waals surface area contributed by atoms with E-state index in [1.54, 1.807) is 26.8 Å². The zero-order valence-electron chi connectivity index (χ0n) is 21.7. The van der Waals surface area contributed by atoms with Crippen molar-refractivity contribution in [1.29, 1.82) is 0 Å². The first-order valence-electron chi connectivity index (χ1n) is 12.7. The Morgan fingerprint density at radius 3 is 2.63 bits per heavy atom. The number of imidazole rings is 1. The summed E-state index contributed by atoms with van der Waals surface area (Å²) in [6, 6.07) is 5.98. The van der Waals surface area contributed by atoms with Gasteiger partial charge in [0.15, 0.2) is 0 Å². The molecule has 2 aromatic rings. The molecular weight excluding hydrogens is 444 g/mol. The van der Waals surface area contributed by atoms with E-state index in [0.717, 1.165) is 41.7 Å². The number of fused-ring (bicyclic) bond motifs is 2. The smallest absolute Gasteiger partial charge is 0.331 e. The molecule has 2 aliphatic heterocycles. The fourth-order valence-corrected chi connectivity index (χ4v) is 5.23. The van der Waals surface area contributed by atoms with Gasteiger partial charge in [-0.05, 0) is 57.2 Å². The Hall–Kier alpha value is -2.51. The molecule has 1 fully saturated rings. The molecule has 1 N–H and O–H groups in total. The lowest BCUT2D eigenvalue weighted by Gasteiger charge is -2.29. The van der Waals surface area contributed by atoms with E-state index in [2.05, 4.69) is 4.98 Å². The predicted molar refractivity (Wildman–Crippen MR) is 134 cm³/mol. The zero-order chi connectivity index (χ0) is 25.5. The second kappa shape index (κ2) is 9.86. The monoisotopic (exact) mass is 482 g/mol. The topological polar surface area (TPSA) is 94.0 Å². The molecule has 6 atom stereocenters. The van der Waals surface area contributed by atoms with Crippen LogP contribution in [0.4, 0.5) is 0 Å². The maximum atomic E-state index is 13.1. The second-order valence-corrected chi connectivity index (χ2v) is 10.9. The normalized spacial score (nSPS) is 33.2. The van der Waals surface area contributed by atoms with Gasteiger partial charge in [0.2, 0.25) is 0 Å². The Kier molecular flexibility index (Phi) is 7.21. The van der Waals surface area contributed by atoms with Crippen molar-refractivity contribution >= 4 is 22.8 Å². The van der Waals surface area contributed by atoms with E-state index in [1.165, 1.54) is 6.08 Å². The molecule has 0 amide bonds. The first-order chi connectivity index (χ1) is 16.5. The van der Waals surface area contributed by atoms with Gasteiger partial charge in [-0.25, -0.2) is 9.78 Å². The van der Waals surface area contributed by atoms with Gasteiger partial charge >= 0.3 is 5.97 Å². The summed E-state index contributed by atoms with van der Waals surface area (Å²) in [4.78, 5) is 30.6. The number of aliphatic hydroxyl groups excluding tert-OH is 1. The highest BCUT2D eigenvalue weighted by atomic mass is 16.6. The molecule has 0 bridgehead atoms. The standard InChI is InChI=1S/C28H38N2O5/c1-16-8-7-9-22-24(34-22)15-23(19-10-11-21-20(14-19)29-18(3)30(21)6)35-25(31)12-13-28(4,5)27(33)17(2)26(16)32/h10-14,16-17,22-24,26,32H,7-9,15H2,1-6H3/b13-12-/t16-,17+,22-,23-,24-,26-/m0/s1. The third-order valence-corrected chi connectivity index (χ3v) is 7.82. The number of allylic oxidation sites excluding steroid dienone is 1. The molecule has 1 aromatic heterocycles. The minimum atomic E-state index is -0.902. The van der Waals surface area contributed by atoms with Crippen LogP contribution in [0, 0.1) is 24.2 Å².